The van der Waals surface area contributed by atoms with Crippen LogP contribution in [0.2, 0.25) is 0 Å². The van der Waals surface area contributed by atoms with Gasteiger partial charge in [-0.3, -0.25) is 4.79 Å². The summed E-state index contributed by atoms with van der Waals surface area (Å²) < 4.78 is 20.0. The Bertz CT molecular complexity index is 1350. The van der Waals surface area contributed by atoms with E-state index >= 15 is 0 Å². The molecular formula is C26H18FN3O2. The number of hydrogen-bond acceptors (Lipinski definition) is 4. The molecule has 0 heterocycles. The lowest BCUT2D eigenvalue weighted by Gasteiger charge is -2.11. The van der Waals surface area contributed by atoms with Gasteiger partial charge in [-0.15, -0.1) is 0 Å². The SMILES string of the molecule is N#Cc1ccc(C(=O)N/N=C\c2ccccc2OCc2cccc3ccccc23)c(F)c1. The van der Waals surface area contributed by atoms with Crippen LogP contribution in [0.5, 0.6) is 5.75 Å². The Morgan fingerprint density at radius 3 is 2.66 bits per heavy atom. The summed E-state index contributed by atoms with van der Waals surface area (Å²) in [5, 5.41) is 15.0. The quantitative estimate of drug-likeness (QED) is 0.342. The molecule has 156 valence electrons. The summed E-state index contributed by atoms with van der Waals surface area (Å²) in [5.74, 6) is -0.893. The molecule has 0 aromatic heterocycles. The van der Waals surface area contributed by atoms with E-state index < -0.39 is 11.7 Å². The first-order chi connectivity index (χ1) is 15.7. The van der Waals surface area contributed by atoms with Gasteiger partial charge in [-0.25, -0.2) is 9.82 Å². The summed E-state index contributed by atoms with van der Waals surface area (Å²) >= 11 is 0. The number of benzene rings is 4. The lowest BCUT2D eigenvalue weighted by molar-refractivity contribution is 0.0951. The molecule has 0 spiro atoms. The fourth-order valence-electron chi connectivity index (χ4n) is 3.28. The summed E-state index contributed by atoms with van der Waals surface area (Å²) in [4.78, 5) is 12.2. The van der Waals surface area contributed by atoms with Crippen LogP contribution in [0.25, 0.3) is 10.8 Å². The van der Waals surface area contributed by atoms with Gasteiger partial charge in [-0.2, -0.15) is 10.4 Å². The smallest absolute Gasteiger partial charge is 0.274 e. The number of hydrogen-bond donors (Lipinski definition) is 1. The highest BCUT2D eigenvalue weighted by Gasteiger charge is 2.11. The first kappa shape index (κ1) is 20.8. The Labute approximate surface area is 184 Å². The molecular weight excluding hydrogens is 405 g/mol. The number of fused-ring (bicyclic) bond motifs is 1. The van der Waals surface area contributed by atoms with Gasteiger partial charge in [0.2, 0.25) is 0 Å². The monoisotopic (exact) mass is 423 g/mol. The number of nitrogens with one attached hydrogen (secondary N) is 1. The molecule has 0 aliphatic heterocycles. The third-order valence-corrected chi connectivity index (χ3v) is 4.89. The van der Waals surface area contributed by atoms with E-state index in [1.807, 2.05) is 48.5 Å². The number of carbonyl (C=O) groups excluding carboxylic acids is 1. The Balaban J connectivity index is 1.46. The van der Waals surface area contributed by atoms with Crippen LogP contribution < -0.4 is 10.2 Å². The van der Waals surface area contributed by atoms with Gasteiger partial charge >= 0.3 is 0 Å². The van der Waals surface area contributed by atoms with E-state index in [2.05, 4.69) is 28.7 Å². The van der Waals surface area contributed by atoms with E-state index in [0.717, 1.165) is 22.4 Å². The van der Waals surface area contributed by atoms with Crippen molar-refractivity contribution in [1.29, 1.82) is 5.26 Å². The number of nitrogens with zero attached hydrogens (tertiary/aromatic N) is 2. The van der Waals surface area contributed by atoms with E-state index in [1.165, 1.54) is 18.3 Å². The van der Waals surface area contributed by atoms with E-state index in [4.69, 9.17) is 10.00 Å². The number of rotatable bonds is 6. The lowest BCUT2D eigenvalue weighted by Crippen LogP contribution is -2.19. The predicted molar refractivity (Wildman–Crippen MR) is 121 cm³/mol. The first-order valence-electron chi connectivity index (χ1n) is 9.87. The predicted octanol–water partition coefficient (Wildman–Crippen LogP) is 5.19. The van der Waals surface area contributed by atoms with Gasteiger partial charge in [0.05, 0.1) is 23.4 Å². The van der Waals surface area contributed by atoms with Gasteiger partial charge in [0.1, 0.15) is 18.2 Å². The second kappa shape index (κ2) is 9.54. The maximum atomic E-state index is 14.0. The molecule has 1 N–H and O–H groups in total. The topological polar surface area (TPSA) is 74.5 Å². The Morgan fingerprint density at radius 1 is 1.03 bits per heavy atom. The molecule has 0 saturated heterocycles. The zero-order valence-electron chi connectivity index (χ0n) is 17.0. The summed E-state index contributed by atoms with van der Waals surface area (Å²) in [6.07, 6.45) is 1.44. The zero-order chi connectivity index (χ0) is 22.3. The average Bonchev–Trinajstić information content (AvgIpc) is 2.83. The van der Waals surface area contributed by atoms with Gasteiger partial charge in [0, 0.05) is 5.56 Å². The first-order valence-corrected chi connectivity index (χ1v) is 9.87. The van der Waals surface area contributed by atoms with Gasteiger partial charge in [0.25, 0.3) is 5.91 Å². The van der Waals surface area contributed by atoms with Crippen LogP contribution in [0.4, 0.5) is 4.39 Å². The minimum Gasteiger partial charge on any atom is -0.488 e. The van der Waals surface area contributed by atoms with Crippen molar-refractivity contribution in [2.45, 2.75) is 6.61 Å². The summed E-state index contributed by atoms with van der Waals surface area (Å²) in [6.45, 7) is 0.370. The molecule has 4 aromatic rings. The molecule has 0 radical (unpaired) electrons. The number of nitriles is 1. The number of para-hydroxylation sites is 1. The Kier molecular flexibility index (Phi) is 6.19. The number of hydrazone groups is 1. The van der Waals surface area contributed by atoms with Crippen LogP contribution >= 0.6 is 0 Å². The third kappa shape index (κ3) is 4.63. The van der Waals surface area contributed by atoms with Gasteiger partial charge < -0.3 is 4.74 Å². The normalized spacial score (nSPS) is 10.8. The number of ether oxygens (including phenoxy) is 1. The van der Waals surface area contributed by atoms with Crippen LogP contribution in [0.3, 0.4) is 0 Å². The maximum Gasteiger partial charge on any atom is 0.274 e. The van der Waals surface area contributed by atoms with Crippen molar-refractivity contribution in [2.75, 3.05) is 0 Å². The molecule has 5 nitrogen and oxygen atoms in total. The Morgan fingerprint density at radius 2 is 1.81 bits per heavy atom. The molecule has 0 fully saturated rings. The zero-order valence-corrected chi connectivity index (χ0v) is 17.0. The van der Waals surface area contributed by atoms with Crippen molar-refractivity contribution in [1.82, 2.24) is 5.43 Å². The second-order valence-corrected chi connectivity index (χ2v) is 6.97. The van der Waals surface area contributed by atoms with E-state index in [1.54, 1.807) is 6.07 Å². The van der Waals surface area contributed by atoms with Gasteiger partial charge in [-0.05, 0) is 46.7 Å². The molecule has 0 atom stereocenters. The number of halogens is 1. The molecule has 4 rings (SSSR count). The van der Waals surface area contributed by atoms with Gasteiger partial charge in [-0.1, -0.05) is 54.6 Å². The van der Waals surface area contributed by atoms with Crippen LogP contribution in [-0.2, 0) is 6.61 Å². The second-order valence-electron chi connectivity index (χ2n) is 6.97. The van der Waals surface area contributed by atoms with Crippen LogP contribution in [0, 0.1) is 17.1 Å². The van der Waals surface area contributed by atoms with Crippen molar-refractivity contribution < 1.29 is 13.9 Å². The van der Waals surface area contributed by atoms with Crippen molar-refractivity contribution in [3.05, 3.63) is 113 Å². The fourth-order valence-corrected chi connectivity index (χ4v) is 3.28. The lowest BCUT2D eigenvalue weighted by atomic mass is 10.1. The summed E-state index contributed by atoms with van der Waals surface area (Å²) in [5.41, 5.74) is 3.96. The standard InChI is InChI=1S/C26H18FN3O2/c27-24-14-18(15-28)12-13-23(24)26(31)30-29-16-20-7-2-4-11-25(20)32-17-21-9-5-8-19-6-1-3-10-22(19)21/h1-14,16H,17H2,(H,30,31)/b29-16-. The summed E-state index contributed by atoms with van der Waals surface area (Å²) in [6, 6.07) is 26.9. The minimum absolute atomic E-state index is 0.139. The molecule has 0 unspecified atom stereocenters. The van der Waals surface area contributed by atoms with Crippen LogP contribution in [-0.4, -0.2) is 12.1 Å². The van der Waals surface area contributed by atoms with Crippen molar-refractivity contribution >= 4 is 22.9 Å². The molecule has 1 amide bonds. The van der Waals surface area contributed by atoms with Crippen molar-refractivity contribution in [3.63, 3.8) is 0 Å². The number of carbonyl (C=O) groups is 1. The van der Waals surface area contributed by atoms with Crippen LogP contribution in [0.1, 0.15) is 27.0 Å². The summed E-state index contributed by atoms with van der Waals surface area (Å²) in [7, 11) is 0. The highest BCUT2D eigenvalue weighted by molar-refractivity contribution is 5.95. The molecule has 0 saturated carbocycles. The van der Waals surface area contributed by atoms with Crippen molar-refractivity contribution in [3.8, 4) is 11.8 Å². The highest BCUT2D eigenvalue weighted by atomic mass is 19.1. The number of amides is 1. The minimum atomic E-state index is -0.782. The van der Waals surface area contributed by atoms with Crippen molar-refractivity contribution in [2.24, 2.45) is 5.10 Å². The average molecular weight is 423 g/mol. The molecule has 32 heavy (non-hydrogen) atoms. The largest absolute Gasteiger partial charge is 0.488 e. The van der Waals surface area contributed by atoms with E-state index in [-0.39, 0.29) is 11.1 Å². The fraction of sp³-hybridized carbons (Fsp3) is 0.0385. The Hall–Kier alpha value is -4.50. The third-order valence-electron chi connectivity index (χ3n) is 4.89. The molecule has 0 bridgehead atoms. The molecule has 0 aliphatic carbocycles. The molecule has 6 heteroatoms. The van der Waals surface area contributed by atoms with Crippen LogP contribution in [0.15, 0.2) is 90.0 Å². The maximum absolute atomic E-state index is 14.0. The van der Waals surface area contributed by atoms with Gasteiger partial charge in [0.15, 0.2) is 0 Å². The molecule has 0 aliphatic rings. The van der Waals surface area contributed by atoms with E-state index in [9.17, 15) is 9.18 Å². The highest BCUT2D eigenvalue weighted by Crippen LogP contribution is 2.22. The molecule has 4 aromatic carbocycles. The van der Waals surface area contributed by atoms with E-state index in [0.29, 0.717) is 17.9 Å².